The molecule has 0 atom stereocenters. The Morgan fingerprint density at radius 1 is 1.58 bits per heavy atom. The van der Waals surface area contributed by atoms with Crippen molar-refractivity contribution in [1.29, 1.82) is 0 Å². The normalized spacial score (nSPS) is 10.4. The van der Waals surface area contributed by atoms with Crippen LogP contribution in [0.25, 0.3) is 0 Å². The molecule has 1 aromatic heterocycles. The van der Waals surface area contributed by atoms with E-state index in [1.54, 1.807) is 24.4 Å². The van der Waals surface area contributed by atoms with Crippen molar-refractivity contribution in [3.05, 3.63) is 17.5 Å². The first-order valence-electron chi connectivity index (χ1n) is 3.10. The Morgan fingerprint density at radius 3 is 2.67 bits per heavy atom. The third-order valence-electron chi connectivity index (χ3n) is 1.06. The van der Waals surface area contributed by atoms with Crippen LogP contribution >= 0.6 is 11.3 Å². The summed E-state index contributed by atoms with van der Waals surface area (Å²) in [5, 5.41) is 2.19. The zero-order valence-corrected chi connectivity index (χ0v) is 7.61. The average molecular weight is 216 g/mol. The van der Waals surface area contributed by atoms with Gasteiger partial charge in [-0.3, -0.25) is 0 Å². The molecule has 1 heterocycles. The maximum absolute atomic E-state index is 10.9. The molecule has 64 valence electrons. The summed E-state index contributed by atoms with van der Waals surface area (Å²) in [6, 6.07) is 3.36. The molecular formula is C6H9NaO3S2. The minimum absolute atomic E-state index is 0. The first-order valence-corrected chi connectivity index (χ1v) is 5.55. The second-order valence-electron chi connectivity index (χ2n) is 1.86. The van der Waals surface area contributed by atoms with Gasteiger partial charge >= 0.3 is 39.7 Å². The molecule has 0 bridgehead atoms. The second-order valence-corrected chi connectivity index (χ2v) is 4.63. The summed E-state index contributed by atoms with van der Waals surface area (Å²) in [5.41, 5.74) is 0. The quantitative estimate of drug-likeness (QED) is 0.555. The fourth-order valence-corrected chi connectivity index (χ4v) is 1.84. The molecule has 1 aromatic rings. The Hall–Kier alpha value is 0.450. The first-order chi connectivity index (χ1) is 5.14. The van der Waals surface area contributed by atoms with Crippen LogP contribution in [-0.2, 0) is 10.1 Å². The summed E-state index contributed by atoms with van der Waals surface area (Å²) in [6.07, 6.45) is 0. The molecule has 6 heteroatoms. The van der Waals surface area contributed by atoms with Crippen LogP contribution in [0.3, 0.4) is 0 Å². The molecule has 0 N–H and O–H groups in total. The SMILES string of the molecule is CCS(=O)(=O)Oc1cccs1.[NaH]. The minimum atomic E-state index is -3.33. The van der Waals surface area contributed by atoms with Crippen LogP contribution in [0.1, 0.15) is 6.92 Å². The average Bonchev–Trinajstić information content (AvgIpc) is 2.39. The fraction of sp³-hybridized carbons (Fsp3) is 0.333. The van der Waals surface area contributed by atoms with Crippen molar-refractivity contribution in [2.24, 2.45) is 0 Å². The van der Waals surface area contributed by atoms with E-state index in [0.717, 1.165) is 0 Å². The number of thiophene rings is 1. The second kappa shape index (κ2) is 5.24. The van der Waals surface area contributed by atoms with Crippen molar-refractivity contribution < 1.29 is 12.6 Å². The molecule has 12 heavy (non-hydrogen) atoms. The summed E-state index contributed by atoms with van der Waals surface area (Å²) in [7, 11) is -3.33. The molecule has 0 aliphatic heterocycles. The molecule has 0 aliphatic rings. The van der Waals surface area contributed by atoms with E-state index in [9.17, 15) is 8.42 Å². The molecule has 0 spiro atoms. The zero-order valence-electron chi connectivity index (χ0n) is 5.98. The van der Waals surface area contributed by atoms with Gasteiger partial charge in [-0.1, -0.05) is 0 Å². The Labute approximate surface area is 98.2 Å². The Bertz CT molecular complexity index is 304. The van der Waals surface area contributed by atoms with E-state index in [4.69, 9.17) is 0 Å². The number of hydrogen-bond acceptors (Lipinski definition) is 4. The third kappa shape index (κ3) is 3.91. The van der Waals surface area contributed by atoms with E-state index >= 15 is 0 Å². The molecule has 0 saturated carbocycles. The van der Waals surface area contributed by atoms with Crippen molar-refractivity contribution in [1.82, 2.24) is 0 Å². The molecular weight excluding hydrogens is 207 g/mol. The topological polar surface area (TPSA) is 43.4 Å². The summed E-state index contributed by atoms with van der Waals surface area (Å²) >= 11 is 1.26. The Balaban J connectivity index is 0.00000121. The van der Waals surface area contributed by atoms with Crippen molar-refractivity contribution in [3.63, 3.8) is 0 Å². The maximum atomic E-state index is 10.9. The zero-order chi connectivity index (χ0) is 8.32. The van der Waals surface area contributed by atoms with E-state index in [0.29, 0.717) is 5.06 Å². The van der Waals surface area contributed by atoms with Crippen LogP contribution in [0.15, 0.2) is 17.5 Å². The molecule has 0 amide bonds. The van der Waals surface area contributed by atoms with Gasteiger partial charge in [0.2, 0.25) is 0 Å². The van der Waals surface area contributed by atoms with Gasteiger partial charge in [-0.15, -0.1) is 11.3 Å². The fourth-order valence-electron chi connectivity index (χ4n) is 0.495. The van der Waals surface area contributed by atoms with Gasteiger partial charge in [-0.2, -0.15) is 8.42 Å². The predicted molar refractivity (Wildman–Crippen MR) is 51.6 cm³/mol. The van der Waals surface area contributed by atoms with Crippen LogP contribution in [-0.4, -0.2) is 43.7 Å². The van der Waals surface area contributed by atoms with Crippen molar-refractivity contribution in [2.75, 3.05) is 5.75 Å². The van der Waals surface area contributed by atoms with Gasteiger partial charge < -0.3 is 4.18 Å². The van der Waals surface area contributed by atoms with E-state index in [-0.39, 0.29) is 35.3 Å². The van der Waals surface area contributed by atoms with Gasteiger partial charge in [0.05, 0.1) is 5.75 Å². The van der Waals surface area contributed by atoms with Crippen LogP contribution in [0, 0.1) is 0 Å². The van der Waals surface area contributed by atoms with Crippen LogP contribution in [0.2, 0.25) is 0 Å². The summed E-state index contributed by atoms with van der Waals surface area (Å²) in [6.45, 7) is 1.54. The van der Waals surface area contributed by atoms with Crippen LogP contribution < -0.4 is 4.18 Å². The Morgan fingerprint density at radius 2 is 2.25 bits per heavy atom. The molecule has 1 rings (SSSR count). The first kappa shape index (κ1) is 12.4. The van der Waals surface area contributed by atoms with Gasteiger partial charge in [-0.25, -0.2) is 0 Å². The molecule has 0 aliphatic carbocycles. The van der Waals surface area contributed by atoms with E-state index in [1.807, 2.05) is 0 Å². The molecule has 0 fully saturated rings. The summed E-state index contributed by atoms with van der Waals surface area (Å²) < 4.78 is 26.4. The standard InChI is InChI=1S/C6H8O3S2.Na.H/c1-2-11(7,8)9-6-4-3-5-10-6;;/h3-5H,2H2,1H3;;. The molecule has 0 aromatic carbocycles. The number of rotatable bonds is 3. The molecule has 3 nitrogen and oxygen atoms in total. The van der Waals surface area contributed by atoms with Gasteiger partial charge in [0.25, 0.3) is 0 Å². The van der Waals surface area contributed by atoms with E-state index in [1.165, 1.54) is 11.3 Å². The van der Waals surface area contributed by atoms with Crippen LogP contribution in [0.5, 0.6) is 5.06 Å². The van der Waals surface area contributed by atoms with Crippen molar-refractivity contribution in [3.8, 4) is 5.06 Å². The van der Waals surface area contributed by atoms with Crippen molar-refractivity contribution >= 4 is 51.0 Å². The monoisotopic (exact) mass is 216 g/mol. The third-order valence-corrected chi connectivity index (χ3v) is 3.05. The predicted octanol–water partition coefficient (Wildman–Crippen LogP) is 0.828. The molecule has 0 unspecified atom stereocenters. The van der Waals surface area contributed by atoms with Crippen molar-refractivity contribution in [2.45, 2.75) is 6.92 Å². The van der Waals surface area contributed by atoms with E-state index < -0.39 is 10.1 Å². The molecule has 0 radical (unpaired) electrons. The molecule has 0 saturated heterocycles. The number of hydrogen-bond donors (Lipinski definition) is 0. The van der Waals surface area contributed by atoms with Crippen LogP contribution in [0.4, 0.5) is 0 Å². The van der Waals surface area contributed by atoms with Gasteiger partial charge in [0.15, 0.2) is 5.06 Å². The van der Waals surface area contributed by atoms with Gasteiger partial charge in [0, 0.05) is 0 Å². The Kier molecular flexibility index (Phi) is 5.43. The van der Waals surface area contributed by atoms with E-state index in [2.05, 4.69) is 4.18 Å². The van der Waals surface area contributed by atoms with Gasteiger partial charge in [0.1, 0.15) is 0 Å². The summed E-state index contributed by atoms with van der Waals surface area (Å²) in [5.74, 6) is 0.00486. The van der Waals surface area contributed by atoms with Gasteiger partial charge in [-0.05, 0) is 24.4 Å². The summed E-state index contributed by atoms with van der Waals surface area (Å²) in [4.78, 5) is 0.